The Labute approximate surface area is 105 Å². The van der Waals surface area contributed by atoms with Crippen molar-refractivity contribution in [3.05, 3.63) is 35.4 Å². The Hall–Kier alpha value is -2.32. The first-order chi connectivity index (χ1) is 8.67. The van der Waals surface area contributed by atoms with Crippen LogP contribution in [0, 0.1) is 11.3 Å². The minimum Gasteiger partial charge on any atom is -0.508 e. The van der Waals surface area contributed by atoms with E-state index in [2.05, 4.69) is 5.32 Å². The molecule has 0 heterocycles. The van der Waals surface area contributed by atoms with Crippen molar-refractivity contribution in [3.63, 3.8) is 0 Å². The van der Waals surface area contributed by atoms with Gasteiger partial charge in [0.25, 0.3) is 5.91 Å². The van der Waals surface area contributed by atoms with E-state index >= 15 is 0 Å². The molecule has 0 aliphatic rings. The molecule has 0 radical (unpaired) electrons. The van der Waals surface area contributed by atoms with Crippen molar-refractivity contribution in [3.8, 4) is 11.8 Å². The molecule has 0 aliphatic heterocycles. The number of carbonyl (C=O) groups excluding carboxylic acids is 1. The van der Waals surface area contributed by atoms with Gasteiger partial charge in [-0.05, 0) is 30.2 Å². The Morgan fingerprint density at radius 3 is 2.61 bits per heavy atom. The van der Waals surface area contributed by atoms with E-state index in [0.29, 0.717) is 18.5 Å². The average Bonchev–Trinajstić information content (AvgIpc) is 2.38. The molecule has 1 aromatic carbocycles. The molecule has 0 fully saturated rings. The zero-order valence-corrected chi connectivity index (χ0v) is 9.76. The topological polar surface area (TPSA) is 93.3 Å². The maximum Gasteiger partial charge on any atom is 0.261 e. The average molecular weight is 246 g/mol. The lowest BCUT2D eigenvalue weighted by molar-refractivity contribution is -0.117. The number of nitrogens with zero attached hydrogens (tertiary/aromatic N) is 1. The molecule has 0 bridgehead atoms. The van der Waals surface area contributed by atoms with Crippen LogP contribution in [0.3, 0.4) is 0 Å². The quantitative estimate of drug-likeness (QED) is 0.407. The number of nitriles is 1. The van der Waals surface area contributed by atoms with E-state index in [-0.39, 0.29) is 17.9 Å². The molecule has 0 saturated heterocycles. The maximum absolute atomic E-state index is 11.6. The Morgan fingerprint density at radius 2 is 2.06 bits per heavy atom. The maximum atomic E-state index is 11.6. The summed E-state index contributed by atoms with van der Waals surface area (Å²) in [5.41, 5.74) is 0.639. The van der Waals surface area contributed by atoms with Crippen molar-refractivity contribution < 1.29 is 15.0 Å². The predicted molar refractivity (Wildman–Crippen MR) is 66.4 cm³/mol. The first-order valence-corrected chi connectivity index (χ1v) is 5.47. The summed E-state index contributed by atoms with van der Waals surface area (Å²) in [5, 5.41) is 29.1. The Morgan fingerprint density at radius 1 is 1.39 bits per heavy atom. The Kier molecular flexibility index (Phi) is 5.42. The number of carbonyl (C=O) groups is 1. The van der Waals surface area contributed by atoms with Crippen LogP contribution in [-0.2, 0) is 4.79 Å². The van der Waals surface area contributed by atoms with E-state index in [1.165, 1.54) is 18.2 Å². The van der Waals surface area contributed by atoms with Crippen molar-refractivity contribution in [1.29, 1.82) is 5.26 Å². The zero-order chi connectivity index (χ0) is 13.4. The van der Waals surface area contributed by atoms with Gasteiger partial charge < -0.3 is 15.5 Å². The van der Waals surface area contributed by atoms with E-state index in [0.717, 1.165) is 0 Å². The third-order valence-electron chi connectivity index (χ3n) is 2.19. The van der Waals surface area contributed by atoms with Gasteiger partial charge in [0.2, 0.25) is 0 Å². The monoisotopic (exact) mass is 246 g/mol. The number of phenols is 1. The second-order valence-corrected chi connectivity index (χ2v) is 3.59. The fourth-order valence-corrected chi connectivity index (χ4v) is 1.26. The molecule has 0 atom stereocenters. The van der Waals surface area contributed by atoms with Gasteiger partial charge in [-0.25, -0.2) is 0 Å². The van der Waals surface area contributed by atoms with Crippen LogP contribution >= 0.6 is 0 Å². The van der Waals surface area contributed by atoms with E-state index in [4.69, 9.17) is 15.5 Å². The zero-order valence-electron chi connectivity index (χ0n) is 9.76. The summed E-state index contributed by atoms with van der Waals surface area (Å²) in [4.78, 5) is 11.6. The first-order valence-electron chi connectivity index (χ1n) is 5.47. The van der Waals surface area contributed by atoms with Crippen LogP contribution in [0.15, 0.2) is 29.8 Å². The van der Waals surface area contributed by atoms with Gasteiger partial charge in [-0.3, -0.25) is 4.79 Å². The molecule has 0 aliphatic carbocycles. The number of aliphatic hydroxyl groups excluding tert-OH is 1. The molecule has 0 spiro atoms. The lowest BCUT2D eigenvalue weighted by atomic mass is 10.1. The van der Waals surface area contributed by atoms with Crippen molar-refractivity contribution in [2.45, 2.75) is 6.42 Å². The van der Waals surface area contributed by atoms with Gasteiger partial charge >= 0.3 is 0 Å². The summed E-state index contributed by atoms with van der Waals surface area (Å²) in [6, 6.07) is 7.98. The number of aliphatic hydroxyl groups is 1. The predicted octanol–water partition coefficient (Wildman–Crippen LogP) is 0.798. The number of amides is 1. The van der Waals surface area contributed by atoms with Gasteiger partial charge in [-0.2, -0.15) is 5.26 Å². The van der Waals surface area contributed by atoms with Crippen LogP contribution in [0.2, 0.25) is 0 Å². The van der Waals surface area contributed by atoms with Crippen LogP contribution in [0.4, 0.5) is 0 Å². The summed E-state index contributed by atoms with van der Waals surface area (Å²) >= 11 is 0. The lowest BCUT2D eigenvalue weighted by Crippen LogP contribution is -2.26. The second-order valence-electron chi connectivity index (χ2n) is 3.59. The number of benzene rings is 1. The van der Waals surface area contributed by atoms with E-state index < -0.39 is 5.91 Å². The smallest absolute Gasteiger partial charge is 0.261 e. The second kappa shape index (κ2) is 7.09. The number of aromatic hydroxyl groups is 1. The molecule has 3 N–H and O–H groups in total. The number of rotatable bonds is 5. The number of hydrogen-bond donors (Lipinski definition) is 3. The van der Waals surface area contributed by atoms with Gasteiger partial charge in [-0.15, -0.1) is 0 Å². The number of hydrogen-bond acceptors (Lipinski definition) is 4. The summed E-state index contributed by atoms with van der Waals surface area (Å²) in [7, 11) is 0. The van der Waals surface area contributed by atoms with E-state index in [1.54, 1.807) is 12.1 Å². The fourth-order valence-electron chi connectivity index (χ4n) is 1.26. The standard InChI is InChI=1S/C13H14N2O3/c14-9-11(13(18)15-6-1-7-16)8-10-2-4-12(17)5-3-10/h2-5,8,16-17H,1,6-7H2,(H,15,18)/b11-8+. The normalized spacial score (nSPS) is 10.8. The largest absolute Gasteiger partial charge is 0.508 e. The minimum atomic E-state index is -0.473. The molecular weight excluding hydrogens is 232 g/mol. The van der Waals surface area contributed by atoms with Crippen LogP contribution in [0.5, 0.6) is 5.75 Å². The van der Waals surface area contributed by atoms with Gasteiger partial charge in [0.15, 0.2) is 0 Å². The van der Waals surface area contributed by atoms with Crippen LogP contribution in [0.1, 0.15) is 12.0 Å². The molecule has 5 nitrogen and oxygen atoms in total. The molecule has 0 saturated carbocycles. The minimum absolute atomic E-state index is 0.0101. The summed E-state index contributed by atoms with van der Waals surface area (Å²) in [6.45, 7) is 0.313. The fraction of sp³-hybridized carbons (Fsp3) is 0.231. The van der Waals surface area contributed by atoms with Gasteiger partial charge in [0.1, 0.15) is 17.4 Å². The van der Waals surface area contributed by atoms with E-state index in [1.807, 2.05) is 6.07 Å². The Balaban J connectivity index is 2.74. The first kappa shape index (κ1) is 13.7. The van der Waals surface area contributed by atoms with Crippen LogP contribution < -0.4 is 5.32 Å². The SMILES string of the molecule is N#C/C(=C\c1ccc(O)cc1)C(=O)NCCCO. The number of phenolic OH excluding ortho intramolecular Hbond substituents is 1. The molecule has 0 aromatic heterocycles. The van der Waals surface area contributed by atoms with E-state index in [9.17, 15) is 4.79 Å². The molecule has 0 unspecified atom stereocenters. The highest BCUT2D eigenvalue weighted by molar-refractivity contribution is 6.01. The van der Waals surface area contributed by atoms with Gasteiger partial charge in [-0.1, -0.05) is 12.1 Å². The summed E-state index contributed by atoms with van der Waals surface area (Å²) in [6.07, 6.45) is 1.89. The highest BCUT2D eigenvalue weighted by Gasteiger charge is 2.07. The van der Waals surface area contributed by atoms with Crippen molar-refractivity contribution in [1.82, 2.24) is 5.32 Å². The summed E-state index contributed by atoms with van der Waals surface area (Å²) < 4.78 is 0. The van der Waals surface area contributed by atoms with Gasteiger partial charge in [0, 0.05) is 13.2 Å². The number of nitrogens with one attached hydrogen (secondary N) is 1. The molecule has 1 rings (SSSR count). The lowest BCUT2D eigenvalue weighted by Gasteiger charge is -2.02. The van der Waals surface area contributed by atoms with Crippen molar-refractivity contribution in [2.24, 2.45) is 0 Å². The molecule has 18 heavy (non-hydrogen) atoms. The highest BCUT2D eigenvalue weighted by atomic mass is 16.3. The molecule has 1 amide bonds. The highest BCUT2D eigenvalue weighted by Crippen LogP contribution is 2.12. The molecular formula is C13H14N2O3. The van der Waals surface area contributed by atoms with Gasteiger partial charge in [0.05, 0.1) is 0 Å². The van der Waals surface area contributed by atoms with Crippen LogP contribution in [-0.4, -0.2) is 29.3 Å². The molecule has 94 valence electrons. The van der Waals surface area contributed by atoms with Crippen LogP contribution in [0.25, 0.3) is 6.08 Å². The third-order valence-corrected chi connectivity index (χ3v) is 2.19. The third kappa shape index (κ3) is 4.28. The van der Waals surface area contributed by atoms with Crippen molar-refractivity contribution in [2.75, 3.05) is 13.2 Å². The Bertz CT molecular complexity index is 472. The summed E-state index contributed by atoms with van der Waals surface area (Å²) in [5.74, 6) is -0.350. The van der Waals surface area contributed by atoms with Crippen molar-refractivity contribution >= 4 is 12.0 Å². The molecule has 5 heteroatoms. The molecule has 1 aromatic rings.